The maximum Gasteiger partial charge on any atom is 0.341 e. The fourth-order valence-corrected chi connectivity index (χ4v) is 3.44. The maximum absolute atomic E-state index is 12.3. The molecule has 2 heterocycles. The summed E-state index contributed by atoms with van der Waals surface area (Å²) in [6.07, 6.45) is 3.15. The molecule has 2 fully saturated rings. The number of carbonyl (C=O) groups is 2. The van der Waals surface area contributed by atoms with Crippen LogP contribution < -0.4 is 10.6 Å². The van der Waals surface area contributed by atoms with E-state index in [9.17, 15) is 9.59 Å². The van der Waals surface area contributed by atoms with Gasteiger partial charge in [0.05, 0.1) is 13.7 Å². The Hall–Kier alpha value is -1.82. The van der Waals surface area contributed by atoms with E-state index in [2.05, 4.69) is 15.4 Å². The number of ether oxygens (including phenoxy) is 1. The zero-order chi connectivity index (χ0) is 15.7. The zero-order valence-electron chi connectivity index (χ0n) is 13.0. The van der Waals surface area contributed by atoms with Gasteiger partial charge in [-0.1, -0.05) is 0 Å². The largest absolute Gasteiger partial charge is 0.465 e. The van der Waals surface area contributed by atoms with Crippen molar-refractivity contribution in [3.05, 3.63) is 23.2 Å². The number of aryl methyl sites for hydroxylation is 1. The number of carbonyl (C=O) groups excluding carboxylic acids is 2. The average molecular weight is 306 g/mol. The van der Waals surface area contributed by atoms with Crippen molar-refractivity contribution in [1.82, 2.24) is 10.6 Å². The van der Waals surface area contributed by atoms with Crippen LogP contribution in [0.15, 0.2) is 10.5 Å². The van der Waals surface area contributed by atoms with E-state index in [-0.39, 0.29) is 17.2 Å². The molecule has 22 heavy (non-hydrogen) atoms. The molecular weight excluding hydrogens is 284 g/mol. The van der Waals surface area contributed by atoms with Crippen LogP contribution >= 0.6 is 0 Å². The predicted octanol–water partition coefficient (Wildman–Crippen LogP) is 1.38. The number of piperidine rings is 1. The Morgan fingerprint density at radius 1 is 1.45 bits per heavy atom. The molecule has 1 aliphatic heterocycles. The third kappa shape index (κ3) is 2.75. The summed E-state index contributed by atoms with van der Waals surface area (Å²) in [5, 5.41) is 6.26. The molecule has 1 amide bonds. The lowest BCUT2D eigenvalue weighted by Gasteiger charge is -2.23. The summed E-state index contributed by atoms with van der Waals surface area (Å²) >= 11 is 0. The van der Waals surface area contributed by atoms with Gasteiger partial charge in [0, 0.05) is 5.92 Å². The third-order valence-corrected chi connectivity index (χ3v) is 4.92. The molecule has 1 aliphatic carbocycles. The molecule has 6 heteroatoms. The molecule has 0 radical (unpaired) electrons. The van der Waals surface area contributed by atoms with Crippen molar-refractivity contribution in [3.63, 3.8) is 0 Å². The van der Waals surface area contributed by atoms with Gasteiger partial charge in [-0.15, -0.1) is 0 Å². The van der Waals surface area contributed by atoms with Gasteiger partial charge in [-0.3, -0.25) is 4.79 Å². The molecule has 0 bridgehead atoms. The summed E-state index contributed by atoms with van der Waals surface area (Å²) in [5.41, 5.74) is 0.638. The highest BCUT2D eigenvalue weighted by Crippen LogP contribution is 2.58. The minimum absolute atomic E-state index is 0.0931. The molecule has 1 saturated heterocycles. The zero-order valence-corrected chi connectivity index (χ0v) is 13.0. The van der Waals surface area contributed by atoms with Crippen molar-refractivity contribution in [2.45, 2.75) is 32.7 Å². The number of esters is 1. The van der Waals surface area contributed by atoms with Crippen molar-refractivity contribution in [3.8, 4) is 0 Å². The van der Waals surface area contributed by atoms with Gasteiger partial charge in [0.2, 0.25) is 5.91 Å². The normalized spacial score (nSPS) is 22.4. The molecule has 1 aromatic rings. The molecule has 1 atom stereocenters. The van der Waals surface area contributed by atoms with Crippen molar-refractivity contribution in [2.24, 2.45) is 11.3 Å². The number of hydrogen-bond donors (Lipinski definition) is 2. The molecule has 2 aliphatic rings. The Balaban J connectivity index is 1.55. The van der Waals surface area contributed by atoms with Gasteiger partial charge in [-0.2, -0.15) is 0 Å². The quantitative estimate of drug-likeness (QED) is 0.822. The molecule has 1 aromatic heterocycles. The van der Waals surface area contributed by atoms with Crippen LogP contribution in [0.3, 0.4) is 0 Å². The molecular formula is C16H22N2O4. The van der Waals surface area contributed by atoms with E-state index in [0.717, 1.165) is 32.4 Å². The lowest BCUT2D eigenvalue weighted by Crippen LogP contribution is -2.33. The predicted molar refractivity (Wildman–Crippen MR) is 79.3 cm³/mol. The number of nitrogens with one attached hydrogen (secondary N) is 2. The van der Waals surface area contributed by atoms with Crippen LogP contribution in [0.2, 0.25) is 0 Å². The van der Waals surface area contributed by atoms with Gasteiger partial charge in [-0.05, 0) is 50.8 Å². The smallest absolute Gasteiger partial charge is 0.341 e. The third-order valence-electron chi connectivity index (χ3n) is 4.92. The summed E-state index contributed by atoms with van der Waals surface area (Å²) in [6, 6.07) is 1.63. The van der Waals surface area contributed by atoms with Crippen LogP contribution in [0.4, 0.5) is 0 Å². The summed E-state index contributed by atoms with van der Waals surface area (Å²) in [7, 11) is 1.34. The maximum atomic E-state index is 12.3. The number of rotatable bonds is 4. The molecule has 1 saturated carbocycles. The van der Waals surface area contributed by atoms with Crippen molar-refractivity contribution in [2.75, 3.05) is 20.2 Å². The number of furan rings is 1. The molecule has 6 nitrogen and oxygen atoms in total. The van der Waals surface area contributed by atoms with E-state index in [4.69, 9.17) is 4.42 Å². The highest BCUT2D eigenvalue weighted by molar-refractivity contribution is 5.90. The summed E-state index contributed by atoms with van der Waals surface area (Å²) < 4.78 is 10.2. The van der Waals surface area contributed by atoms with E-state index in [1.807, 2.05) is 0 Å². The highest BCUT2D eigenvalue weighted by Gasteiger charge is 2.57. The standard InChI is InChI=1S/C16H22N2O4/c1-10-12(15(20)21-2)7-11(22-10)9-18-14(19)13-8-16(13)3-5-17-6-4-16/h7,13,17H,3-6,8-9H2,1-2H3,(H,18,19). The van der Waals surface area contributed by atoms with Crippen LogP contribution in [0.25, 0.3) is 0 Å². The number of amides is 1. The lowest BCUT2D eigenvalue weighted by molar-refractivity contribution is -0.123. The highest BCUT2D eigenvalue weighted by atomic mass is 16.5. The van der Waals surface area contributed by atoms with Crippen LogP contribution in [0.5, 0.6) is 0 Å². The lowest BCUT2D eigenvalue weighted by atomic mass is 9.92. The first-order valence-electron chi connectivity index (χ1n) is 7.72. The van der Waals surface area contributed by atoms with Crippen LogP contribution in [-0.4, -0.2) is 32.1 Å². The minimum Gasteiger partial charge on any atom is -0.465 e. The van der Waals surface area contributed by atoms with Gasteiger partial charge < -0.3 is 19.8 Å². The van der Waals surface area contributed by atoms with Crippen molar-refractivity contribution in [1.29, 1.82) is 0 Å². The van der Waals surface area contributed by atoms with Crippen LogP contribution in [-0.2, 0) is 16.1 Å². The Morgan fingerprint density at radius 3 is 2.86 bits per heavy atom. The number of methoxy groups -OCH3 is 1. The summed E-state index contributed by atoms with van der Waals surface area (Å²) in [5.74, 6) is 0.889. The first-order chi connectivity index (χ1) is 10.6. The SMILES string of the molecule is COC(=O)c1cc(CNC(=O)C2CC23CCNCC3)oc1C. The van der Waals surface area contributed by atoms with E-state index in [1.165, 1.54) is 7.11 Å². The van der Waals surface area contributed by atoms with Crippen LogP contribution in [0, 0.1) is 18.3 Å². The van der Waals surface area contributed by atoms with Crippen LogP contribution in [0.1, 0.15) is 41.1 Å². The molecule has 1 unspecified atom stereocenters. The molecule has 1 spiro atoms. The molecule has 0 aromatic carbocycles. The van der Waals surface area contributed by atoms with Gasteiger partial charge in [0.25, 0.3) is 0 Å². The minimum atomic E-state index is -0.422. The van der Waals surface area contributed by atoms with E-state index < -0.39 is 5.97 Å². The molecule has 2 N–H and O–H groups in total. The Labute approximate surface area is 129 Å². The summed E-state index contributed by atoms with van der Waals surface area (Å²) in [6.45, 7) is 4.03. The number of hydrogen-bond acceptors (Lipinski definition) is 5. The summed E-state index contributed by atoms with van der Waals surface area (Å²) in [4.78, 5) is 23.8. The Kier molecular flexibility index (Phi) is 3.95. The monoisotopic (exact) mass is 306 g/mol. The van der Waals surface area contributed by atoms with E-state index >= 15 is 0 Å². The first-order valence-corrected chi connectivity index (χ1v) is 7.72. The van der Waals surface area contributed by atoms with E-state index in [0.29, 0.717) is 23.6 Å². The fourth-order valence-electron chi connectivity index (χ4n) is 3.44. The first kappa shape index (κ1) is 15.1. The van der Waals surface area contributed by atoms with Gasteiger partial charge in [0.1, 0.15) is 17.1 Å². The van der Waals surface area contributed by atoms with Gasteiger partial charge in [0.15, 0.2) is 0 Å². The van der Waals surface area contributed by atoms with Gasteiger partial charge >= 0.3 is 5.97 Å². The second-order valence-corrected chi connectivity index (χ2v) is 6.26. The van der Waals surface area contributed by atoms with Crippen molar-refractivity contribution < 1.29 is 18.7 Å². The van der Waals surface area contributed by atoms with Gasteiger partial charge in [-0.25, -0.2) is 4.79 Å². The Bertz CT molecular complexity index is 587. The topological polar surface area (TPSA) is 80.6 Å². The fraction of sp³-hybridized carbons (Fsp3) is 0.625. The van der Waals surface area contributed by atoms with Crippen molar-refractivity contribution >= 4 is 11.9 Å². The second-order valence-electron chi connectivity index (χ2n) is 6.26. The second kappa shape index (κ2) is 5.76. The Morgan fingerprint density at radius 2 is 2.18 bits per heavy atom. The molecule has 120 valence electrons. The molecule has 3 rings (SSSR count). The average Bonchev–Trinajstić information content (AvgIpc) is 3.08. The van der Waals surface area contributed by atoms with E-state index in [1.54, 1.807) is 13.0 Å².